The van der Waals surface area contributed by atoms with Crippen molar-refractivity contribution in [2.24, 2.45) is 0 Å². The van der Waals surface area contributed by atoms with E-state index in [0.717, 1.165) is 14.5 Å². The van der Waals surface area contributed by atoms with E-state index in [2.05, 4.69) is 38.4 Å². The van der Waals surface area contributed by atoms with Gasteiger partial charge in [-0.15, -0.1) is 6.58 Å². The maximum Gasteiger partial charge on any atom is 0.205 e. The van der Waals surface area contributed by atoms with Crippen molar-refractivity contribution in [3.05, 3.63) is 27.2 Å². The van der Waals surface area contributed by atoms with Gasteiger partial charge in [-0.3, -0.25) is 0 Å². The molecule has 4 nitrogen and oxygen atoms in total. The Labute approximate surface area is 136 Å². The van der Waals surface area contributed by atoms with E-state index in [9.17, 15) is 5.11 Å². The summed E-state index contributed by atoms with van der Waals surface area (Å²) in [6.07, 6.45) is 2.10. The van der Waals surface area contributed by atoms with Crippen LogP contribution in [0.5, 0.6) is 17.2 Å². The highest BCUT2D eigenvalue weighted by Gasteiger charge is 2.25. The van der Waals surface area contributed by atoms with Crippen molar-refractivity contribution in [2.45, 2.75) is 18.9 Å². The number of aliphatic hydroxyl groups excluding tert-OH is 1. The van der Waals surface area contributed by atoms with Crippen LogP contribution in [0, 0.1) is 0 Å². The minimum atomic E-state index is -0.525. The average molecular weight is 410 g/mol. The van der Waals surface area contributed by atoms with Crippen molar-refractivity contribution < 1.29 is 19.3 Å². The van der Waals surface area contributed by atoms with Gasteiger partial charge in [0, 0.05) is 6.42 Å². The summed E-state index contributed by atoms with van der Waals surface area (Å²) >= 11 is 7.00. The van der Waals surface area contributed by atoms with Crippen LogP contribution in [0.15, 0.2) is 21.6 Å². The summed E-state index contributed by atoms with van der Waals surface area (Å²) in [7, 11) is 4.66. The first kappa shape index (κ1) is 17.3. The highest BCUT2D eigenvalue weighted by molar-refractivity contribution is 9.11. The van der Waals surface area contributed by atoms with Gasteiger partial charge in [0.2, 0.25) is 5.75 Å². The first-order valence-corrected chi connectivity index (χ1v) is 7.55. The Morgan fingerprint density at radius 1 is 1.05 bits per heavy atom. The Balaban J connectivity index is 3.40. The summed E-state index contributed by atoms with van der Waals surface area (Å²) in [5, 5.41) is 9.98. The second-order valence-corrected chi connectivity index (χ2v) is 5.67. The summed E-state index contributed by atoms with van der Waals surface area (Å²) < 4.78 is 17.5. The van der Waals surface area contributed by atoms with Gasteiger partial charge in [0.15, 0.2) is 11.5 Å². The van der Waals surface area contributed by atoms with Gasteiger partial charge < -0.3 is 19.3 Å². The monoisotopic (exact) mass is 408 g/mol. The fraction of sp³-hybridized carbons (Fsp3) is 0.429. The fourth-order valence-electron chi connectivity index (χ4n) is 1.91. The quantitative estimate of drug-likeness (QED) is 0.697. The molecular weight excluding hydrogens is 392 g/mol. The lowest BCUT2D eigenvalue weighted by Crippen LogP contribution is -2.11. The van der Waals surface area contributed by atoms with Crippen LogP contribution in [0.1, 0.15) is 12.0 Å². The number of ether oxygens (including phenoxy) is 3. The third-order valence-corrected chi connectivity index (χ3v) is 4.51. The Morgan fingerprint density at radius 3 is 1.85 bits per heavy atom. The molecule has 0 amide bonds. The van der Waals surface area contributed by atoms with Crippen LogP contribution >= 0.6 is 31.9 Å². The van der Waals surface area contributed by atoms with E-state index >= 15 is 0 Å². The molecule has 1 atom stereocenters. The zero-order valence-electron chi connectivity index (χ0n) is 11.7. The molecule has 0 aliphatic rings. The Hall–Kier alpha value is -0.720. The summed E-state index contributed by atoms with van der Waals surface area (Å²) in [6.45, 7) is 3.63. The molecule has 0 fully saturated rings. The molecule has 1 N–H and O–H groups in total. The van der Waals surface area contributed by atoms with Gasteiger partial charge in [0.25, 0.3) is 0 Å². The largest absolute Gasteiger partial charge is 0.492 e. The Morgan fingerprint density at radius 2 is 1.50 bits per heavy atom. The molecular formula is C14H18Br2O4. The predicted molar refractivity (Wildman–Crippen MR) is 86.0 cm³/mol. The summed E-state index contributed by atoms with van der Waals surface area (Å²) in [5.41, 5.74) is 0.855. The van der Waals surface area contributed by atoms with Crippen LogP contribution in [-0.4, -0.2) is 32.5 Å². The molecule has 0 radical (unpaired) electrons. The molecule has 1 aromatic carbocycles. The molecule has 0 aliphatic heterocycles. The number of rotatable bonds is 7. The van der Waals surface area contributed by atoms with Crippen molar-refractivity contribution in [3.8, 4) is 17.2 Å². The third-order valence-electron chi connectivity index (χ3n) is 2.83. The SMILES string of the molecule is C=CCC(O)Cc1c(Br)c(OC)c(OC)c(OC)c1Br. The van der Waals surface area contributed by atoms with Crippen molar-refractivity contribution in [3.63, 3.8) is 0 Å². The highest BCUT2D eigenvalue weighted by Crippen LogP contribution is 2.50. The normalized spacial score (nSPS) is 11.9. The van der Waals surface area contributed by atoms with Crippen LogP contribution in [0.25, 0.3) is 0 Å². The van der Waals surface area contributed by atoms with Gasteiger partial charge >= 0.3 is 0 Å². The van der Waals surface area contributed by atoms with Gasteiger partial charge in [0.1, 0.15) is 0 Å². The van der Waals surface area contributed by atoms with Gasteiger partial charge in [-0.25, -0.2) is 0 Å². The first-order chi connectivity index (χ1) is 9.51. The highest BCUT2D eigenvalue weighted by atomic mass is 79.9. The second kappa shape index (κ2) is 7.90. The Bertz CT molecular complexity index is 458. The standard InChI is InChI=1S/C14H18Br2O4/c1-5-6-8(17)7-9-10(15)12(18-2)14(20-4)13(19-3)11(9)16/h5,8,17H,1,6-7H2,2-4H3. The molecule has 0 bridgehead atoms. The smallest absolute Gasteiger partial charge is 0.205 e. The number of benzene rings is 1. The van der Waals surface area contributed by atoms with E-state index in [0.29, 0.717) is 30.1 Å². The molecule has 20 heavy (non-hydrogen) atoms. The molecule has 112 valence electrons. The molecule has 0 aromatic heterocycles. The minimum Gasteiger partial charge on any atom is -0.492 e. The molecule has 1 unspecified atom stereocenters. The molecule has 0 heterocycles. The lowest BCUT2D eigenvalue weighted by molar-refractivity contribution is 0.177. The van der Waals surface area contributed by atoms with E-state index in [1.807, 2.05) is 0 Å². The second-order valence-electron chi connectivity index (χ2n) is 4.09. The van der Waals surface area contributed by atoms with Crippen LogP contribution in [0.3, 0.4) is 0 Å². The van der Waals surface area contributed by atoms with E-state index in [1.54, 1.807) is 27.4 Å². The molecule has 0 aliphatic carbocycles. The van der Waals surface area contributed by atoms with Crippen LogP contribution in [0.4, 0.5) is 0 Å². The maximum absolute atomic E-state index is 9.98. The molecule has 0 saturated heterocycles. The lowest BCUT2D eigenvalue weighted by atomic mass is 10.0. The van der Waals surface area contributed by atoms with Gasteiger partial charge in [0.05, 0.1) is 36.4 Å². The van der Waals surface area contributed by atoms with Gasteiger partial charge in [-0.1, -0.05) is 6.08 Å². The molecule has 0 spiro atoms. The van der Waals surface area contributed by atoms with Crippen LogP contribution in [-0.2, 0) is 6.42 Å². The van der Waals surface area contributed by atoms with Crippen LogP contribution < -0.4 is 14.2 Å². The minimum absolute atomic E-state index is 0.434. The number of methoxy groups -OCH3 is 3. The first-order valence-electron chi connectivity index (χ1n) is 5.96. The Kier molecular flexibility index (Phi) is 6.85. The van der Waals surface area contributed by atoms with Crippen LogP contribution in [0.2, 0.25) is 0 Å². The fourth-order valence-corrected chi connectivity index (χ4v) is 3.58. The zero-order valence-corrected chi connectivity index (χ0v) is 14.9. The van der Waals surface area contributed by atoms with Gasteiger partial charge in [-0.2, -0.15) is 0 Å². The number of hydrogen-bond acceptors (Lipinski definition) is 4. The van der Waals surface area contributed by atoms with E-state index in [4.69, 9.17) is 14.2 Å². The zero-order chi connectivity index (χ0) is 15.3. The summed E-state index contributed by atoms with van der Waals surface area (Å²) in [4.78, 5) is 0. The summed E-state index contributed by atoms with van der Waals surface area (Å²) in [5.74, 6) is 1.57. The maximum atomic E-state index is 9.98. The number of halogens is 2. The molecule has 1 aromatic rings. The van der Waals surface area contributed by atoms with E-state index in [1.165, 1.54) is 0 Å². The van der Waals surface area contributed by atoms with E-state index < -0.39 is 6.10 Å². The number of aliphatic hydroxyl groups is 1. The molecule has 0 saturated carbocycles. The summed E-state index contributed by atoms with van der Waals surface area (Å²) in [6, 6.07) is 0. The predicted octanol–water partition coefficient (Wildman–Crippen LogP) is 3.72. The van der Waals surface area contributed by atoms with E-state index in [-0.39, 0.29) is 0 Å². The average Bonchev–Trinajstić information content (AvgIpc) is 2.43. The number of hydrogen-bond donors (Lipinski definition) is 1. The van der Waals surface area contributed by atoms with Crippen molar-refractivity contribution in [2.75, 3.05) is 21.3 Å². The topological polar surface area (TPSA) is 47.9 Å². The van der Waals surface area contributed by atoms with Gasteiger partial charge in [-0.05, 0) is 43.8 Å². The van der Waals surface area contributed by atoms with Crippen molar-refractivity contribution in [1.29, 1.82) is 0 Å². The van der Waals surface area contributed by atoms with Crippen molar-refractivity contribution >= 4 is 31.9 Å². The third kappa shape index (κ3) is 3.48. The van der Waals surface area contributed by atoms with Crippen molar-refractivity contribution in [1.82, 2.24) is 0 Å². The molecule has 1 rings (SSSR count). The lowest BCUT2D eigenvalue weighted by Gasteiger charge is -2.20. The molecule has 6 heteroatoms.